The van der Waals surface area contributed by atoms with Crippen LogP contribution in [-0.2, 0) is 4.79 Å². The second-order valence-corrected chi connectivity index (χ2v) is 4.51. The number of likely N-dealkylation sites (tertiary alicyclic amines) is 1. The molecule has 3 N–H and O–H groups in total. The maximum atomic E-state index is 11.1. The summed E-state index contributed by atoms with van der Waals surface area (Å²) in [6.07, 6.45) is 4.33. The zero-order valence-corrected chi connectivity index (χ0v) is 9.83. The molecule has 0 aromatic rings. The minimum Gasteiger partial charge on any atom is -0.300 e. The molecule has 0 radical (unpaired) electrons. The minimum absolute atomic E-state index is 0.0693. The first kappa shape index (κ1) is 12.5. The number of nitrogens with two attached hydrogens (primary N) is 1. The van der Waals surface area contributed by atoms with E-state index in [0.29, 0.717) is 12.5 Å². The topological polar surface area (TPSA) is 58.4 Å². The van der Waals surface area contributed by atoms with Gasteiger partial charge in [-0.15, -0.1) is 0 Å². The number of rotatable bonds is 4. The van der Waals surface area contributed by atoms with Crippen molar-refractivity contribution in [2.24, 2.45) is 11.8 Å². The lowest BCUT2D eigenvalue weighted by atomic mass is 9.93. The normalized spacial score (nSPS) is 21.3. The van der Waals surface area contributed by atoms with Crippen LogP contribution < -0.4 is 11.3 Å². The van der Waals surface area contributed by atoms with E-state index in [1.165, 1.54) is 19.3 Å². The predicted octanol–water partition coefficient (Wildman–Crippen LogP) is 0.877. The van der Waals surface area contributed by atoms with Crippen LogP contribution in [0.5, 0.6) is 0 Å². The molecule has 0 saturated carbocycles. The lowest BCUT2D eigenvalue weighted by Gasteiger charge is -2.35. The van der Waals surface area contributed by atoms with E-state index in [4.69, 9.17) is 5.84 Å². The van der Waals surface area contributed by atoms with Gasteiger partial charge in [0.25, 0.3) is 0 Å². The molecule has 0 spiro atoms. The van der Waals surface area contributed by atoms with Crippen LogP contribution in [0.3, 0.4) is 0 Å². The van der Waals surface area contributed by atoms with E-state index in [2.05, 4.69) is 24.2 Å². The van der Waals surface area contributed by atoms with Gasteiger partial charge in [0, 0.05) is 12.5 Å². The summed E-state index contributed by atoms with van der Waals surface area (Å²) in [4.78, 5) is 13.5. The van der Waals surface area contributed by atoms with Gasteiger partial charge < -0.3 is 4.90 Å². The summed E-state index contributed by atoms with van der Waals surface area (Å²) in [5.74, 6) is 5.89. The Balaban J connectivity index is 2.29. The molecule has 1 amide bonds. The smallest absolute Gasteiger partial charge is 0.235 e. The van der Waals surface area contributed by atoms with Crippen molar-refractivity contribution in [2.75, 3.05) is 13.1 Å². The molecule has 1 heterocycles. The number of carbonyl (C=O) groups is 1. The Kier molecular flexibility index (Phi) is 5.05. The summed E-state index contributed by atoms with van der Waals surface area (Å²) >= 11 is 0. The summed E-state index contributed by atoms with van der Waals surface area (Å²) in [5, 5.41) is 0. The number of hydrazine groups is 1. The zero-order chi connectivity index (χ0) is 11.3. The standard InChI is InChI=1S/C11H23N3O/c1-3-10-4-6-14(7-5-10)9(2)8-11(15)13-12/h9-10H,3-8,12H2,1-2H3,(H,13,15). The molecule has 88 valence electrons. The van der Waals surface area contributed by atoms with E-state index in [9.17, 15) is 4.79 Å². The van der Waals surface area contributed by atoms with Crippen molar-refractivity contribution < 1.29 is 4.79 Å². The van der Waals surface area contributed by atoms with Gasteiger partial charge in [-0.3, -0.25) is 10.2 Å². The quantitative estimate of drug-likeness (QED) is 0.414. The zero-order valence-electron chi connectivity index (χ0n) is 9.83. The monoisotopic (exact) mass is 213 g/mol. The lowest BCUT2D eigenvalue weighted by molar-refractivity contribution is -0.122. The molecular weight excluding hydrogens is 190 g/mol. The van der Waals surface area contributed by atoms with Gasteiger partial charge in [-0.2, -0.15) is 0 Å². The van der Waals surface area contributed by atoms with Crippen LogP contribution in [0, 0.1) is 5.92 Å². The highest BCUT2D eigenvalue weighted by molar-refractivity contribution is 5.75. The van der Waals surface area contributed by atoms with E-state index in [1.54, 1.807) is 0 Å². The Hall–Kier alpha value is -0.610. The Labute approximate surface area is 92.2 Å². The largest absolute Gasteiger partial charge is 0.300 e. The third kappa shape index (κ3) is 3.80. The third-order valence-corrected chi connectivity index (χ3v) is 3.49. The molecule has 1 fully saturated rings. The maximum absolute atomic E-state index is 11.1. The van der Waals surface area contributed by atoms with E-state index >= 15 is 0 Å². The Morgan fingerprint density at radius 2 is 2.13 bits per heavy atom. The van der Waals surface area contributed by atoms with Crippen molar-refractivity contribution in [3.8, 4) is 0 Å². The molecular formula is C11H23N3O. The fraction of sp³-hybridized carbons (Fsp3) is 0.909. The molecule has 1 rings (SSSR count). The molecule has 1 unspecified atom stereocenters. The first-order valence-corrected chi connectivity index (χ1v) is 5.90. The Morgan fingerprint density at radius 3 is 2.60 bits per heavy atom. The summed E-state index contributed by atoms with van der Waals surface area (Å²) in [6, 6.07) is 0.311. The van der Waals surface area contributed by atoms with Gasteiger partial charge >= 0.3 is 0 Å². The molecule has 0 aromatic carbocycles. The Morgan fingerprint density at radius 1 is 1.53 bits per heavy atom. The van der Waals surface area contributed by atoms with Crippen LogP contribution in [-0.4, -0.2) is 29.9 Å². The minimum atomic E-state index is -0.0693. The van der Waals surface area contributed by atoms with Crippen LogP contribution in [0.25, 0.3) is 0 Å². The van der Waals surface area contributed by atoms with Gasteiger partial charge in [0.15, 0.2) is 0 Å². The van der Waals surface area contributed by atoms with Gasteiger partial charge in [0.05, 0.1) is 0 Å². The van der Waals surface area contributed by atoms with Gasteiger partial charge in [-0.1, -0.05) is 13.3 Å². The fourth-order valence-corrected chi connectivity index (χ4v) is 2.26. The molecule has 1 saturated heterocycles. The Bertz CT molecular complexity index is 200. The van der Waals surface area contributed by atoms with Crippen molar-refractivity contribution >= 4 is 5.91 Å². The van der Waals surface area contributed by atoms with Crippen molar-refractivity contribution in [1.29, 1.82) is 0 Å². The predicted molar refractivity (Wildman–Crippen MR) is 61.0 cm³/mol. The van der Waals surface area contributed by atoms with Crippen molar-refractivity contribution in [1.82, 2.24) is 10.3 Å². The second-order valence-electron chi connectivity index (χ2n) is 4.51. The summed E-state index contributed by atoms with van der Waals surface area (Å²) in [5.41, 5.74) is 2.19. The third-order valence-electron chi connectivity index (χ3n) is 3.49. The maximum Gasteiger partial charge on any atom is 0.235 e. The molecule has 0 bridgehead atoms. The molecule has 15 heavy (non-hydrogen) atoms. The SMILES string of the molecule is CCC1CCN(C(C)CC(=O)NN)CC1. The highest BCUT2D eigenvalue weighted by atomic mass is 16.2. The molecule has 4 nitrogen and oxygen atoms in total. The molecule has 4 heteroatoms. The fourth-order valence-electron chi connectivity index (χ4n) is 2.26. The van der Waals surface area contributed by atoms with Crippen molar-refractivity contribution in [3.63, 3.8) is 0 Å². The first-order chi connectivity index (χ1) is 7.17. The number of nitrogens with one attached hydrogen (secondary N) is 1. The van der Waals surface area contributed by atoms with E-state index in [-0.39, 0.29) is 5.91 Å². The van der Waals surface area contributed by atoms with E-state index < -0.39 is 0 Å². The molecule has 1 aliphatic heterocycles. The van der Waals surface area contributed by atoms with Crippen LogP contribution in [0.15, 0.2) is 0 Å². The van der Waals surface area contributed by atoms with Gasteiger partial charge in [-0.05, 0) is 38.8 Å². The summed E-state index contributed by atoms with van der Waals surface area (Å²) in [6.45, 7) is 6.60. The summed E-state index contributed by atoms with van der Waals surface area (Å²) in [7, 11) is 0. The number of hydrogen-bond acceptors (Lipinski definition) is 3. The average molecular weight is 213 g/mol. The van der Waals surface area contributed by atoms with Crippen LogP contribution in [0.4, 0.5) is 0 Å². The van der Waals surface area contributed by atoms with Crippen LogP contribution in [0.1, 0.15) is 39.5 Å². The number of piperidine rings is 1. The molecule has 1 aliphatic rings. The second kappa shape index (κ2) is 6.08. The van der Waals surface area contributed by atoms with Gasteiger partial charge in [0.1, 0.15) is 0 Å². The molecule has 0 aliphatic carbocycles. The number of nitrogens with zero attached hydrogens (tertiary/aromatic N) is 1. The average Bonchev–Trinajstić information content (AvgIpc) is 2.29. The number of amides is 1. The first-order valence-electron chi connectivity index (χ1n) is 5.90. The van der Waals surface area contributed by atoms with E-state index in [0.717, 1.165) is 19.0 Å². The van der Waals surface area contributed by atoms with Crippen LogP contribution >= 0.6 is 0 Å². The molecule has 0 aromatic heterocycles. The number of carbonyl (C=O) groups excluding carboxylic acids is 1. The lowest BCUT2D eigenvalue weighted by Crippen LogP contribution is -2.43. The van der Waals surface area contributed by atoms with E-state index in [1.807, 2.05) is 0 Å². The summed E-state index contributed by atoms with van der Waals surface area (Å²) < 4.78 is 0. The van der Waals surface area contributed by atoms with Gasteiger partial charge in [0.2, 0.25) is 5.91 Å². The van der Waals surface area contributed by atoms with Crippen LogP contribution in [0.2, 0.25) is 0 Å². The molecule has 1 atom stereocenters. The highest BCUT2D eigenvalue weighted by Gasteiger charge is 2.22. The van der Waals surface area contributed by atoms with Crippen molar-refractivity contribution in [2.45, 2.75) is 45.6 Å². The van der Waals surface area contributed by atoms with Crippen molar-refractivity contribution in [3.05, 3.63) is 0 Å². The number of hydrogen-bond donors (Lipinski definition) is 2. The van der Waals surface area contributed by atoms with Gasteiger partial charge in [-0.25, -0.2) is 5.84 Å². The highest BCUT2D eigenvalue weighted by Crippen LogP contribution is 2.21.